The molecule has 0 aromatic carbocycles. The molecule has 52 valence electrons. The third-order valence-electron chi connectivity index (χ3n) is 1.43. The minimum atomic E-state index is -0.824. The quantitative estimate of drug-likeness (QED) is 0.472. The molecule has 0 saturated carbocycles. The van der Waals surface area contributed by atoms with Crippen LogP contribution in [0.4, 0.5) is 0 Å². The minimum absolute atomic E-state index is 0.132. The number of aliphatic hydroxyl groups is 1. The summed E-state index contributed by atoms with van der Waals surface area (Å²) in [5, 5.41) is 9.24. The van der Waals surface area contributed by atoms with E-state index in [0.29, 0.717) is 13.0 Å². The number of carbonyl (C=O) groups excluding carboxylic acids is 1. The Kier molecular flexibility index (Phi) is 1.45. The Bertz CT molecular complexity index is 128. The fourth-order valence-corrected chi connectivity index (χ4v) is 0.835. The highest BCUT2D eigenvalue weighted by Crippen LogP contribution is 2.19. The zero-order valence-corrected chi connectivity index (χ0v) is 5.39. The summed E-state index contributed by atoms with van der Waals surface area (Å²) in [6.45, 7) is 2.00. The molecule has 0 bridgehead atoms. The van der Waals surface area contributed by atoms with E-state index in [4.69, 9.17) is 0 Å². The van der Waals surface area contributed by atoms with Crippen molar-refractivity contribution in [3.8, 4) is 0 Å². The first kappa shape index (κ1) is 6.55. The zero-order valence-electron chi connectivity index (χ0n) is 5.39. The summed E-state index contributed by atoms with van der Waals surface area (Å²) in [5.41, 5.74) is -0.824. The van der Waals surface area contributed by atoms with Gasteiger partial charge in [0.05, 0.1) is 18.6 Å². The van der Waals surface area contributed by atoms with Gasteiger partial charge in [0.1, 0.15) is 0 Å². The summed E-state index contributed by atoms with van der Waals surface area (Å²) in [4.78, 5) is 10.5. The van der Waals surface area contributed by atoms with Crippen molar-refractivity contribution in [1.29, 1.82) is 0 Å². The molecule has 1 aliphatic rings. The normalized spacial score (nSPS) is 36.0. The van der Waals surface area contributed by atoms with Crippen molar-refractivity contribution in [2.45, 2.75) is 25.4 Å². The summed E-state index contributed by atoms with van der Waals surface area (Å²) < 4.78 is 4.61. The van der Waals surface area contributed by atoms with Crippen LogP contribution in [0.2, 0.25) is 0 Å². The molecule has 3 nitrogen and oxygen atoms in total. The average Bonchev–Trinajstić information content (AvgIpc) is 1.60. The van der Waals surface area contributed by atoms with Crippen LogP contribution in [0, 0.1) is 0 Å². The van der Waals surface area contributed by atoms with Crippen LogP contribution in [0.1, 0.15) is 19.8 Å². The van der Waals surface area contributed by atoms with Crippen molar-refractivity contribution < 1.29 is 14.6 Å². The van der Waals surface area contributed by atoms with E-state index >= 15 is 0 Å². The van der Waals surface area contributed by atoms with E-state index in [-0.39, 0.29) is 12.4 Å². The number of esters is 1. The van der Waals surface area contributed by atoms with E-state index in [1.807, 2.05) is 0 Å². The molecule has 1 N–H and O–H groups in total. The molecule has 0 aromatic rings. The Morgan fingerprint density at radius 2 is 2.44 bits per heavy atom. The summed E-state index contributed by atoms with van der Waals surface area (Å²) in [6, 6.07) is 0. The van der Waals surface area contributed by atoms with Crippen molar-refractivity contribution >= 4 is 5.97 Å². The molecule has 0 aliphatic carbocycles. The predicted octanol–water partition coefficient (Wildman–Crippen LogP) is 0.0744. The number of ether oxygens (including phenoxy) is 1. The van der Waals surface area contributed by atoms with Crippen molar-refractivity contribution in [1.82, 2.24) is 0 Å². The molecule has 1 fully saturated rings. The van der Waals surface area contributed by atoms with E-state index in [2.05, 4.69) is 4.74 Å². The molecule has 9 heavy (non-hydrogen) atoms. The SMILES string of the molecule is CC1(O)CCOC(=O)C1. The largest absolute Gasteiger partial charge is 0.465 e. The van der Waals surface area contributed by atoms with E-state index in [1.165, 1.54) is 0 Å². The average molecular weight is 130 g/mol. The number of rotatable bonds is 0. The van der Waals surface area contributed by atoms with Crippen LogP contribution in [0.15, 0.2) is 0 Å². The van der Waals surface area contributed by atoms with Crippen LogP contribution in [0.5, 0.6) is 0 Å². The van der Waals surface area contributed by atoms with Crippen molar-refractivity contribution in [3.63, 3.8) is 0 Å². The van der Waals surface area contributed by atoms with E-state index < -0.39 is 5.60 Å². The van der Waals surface area contributed by atoms with Gasteiger partial charge in [0, 0.05) is 6.42 Å². The predicted molar refractivity (Wildman–Crippen MR) is 30.8 cm³/mol. The number of cyclic esters (lactones) is 1. The Labute approximate surface area is 53.6 Å². The topological polar surface area (TPSA) is 46.5 Å². The van der Waals surface area contributed by atoms with Gasteiger partial charge >= 0.3 is 5.97 Å². The number of hydrogen-bond acceptors (Lipinski definition) is 3. The third-order valence-corrected chi connectivity index (χ3v) is 1.43. The fraction of sp³-hybridized carbons (Fsp3) is 0.833. The summed E-state index contributed by atoms with van der Waals surface area (Å²) in [5.74, 6) is -0.300. The van der Waals surface area contributed by atoms with Gasteiger partial charge in [-0.15, -0.1) is 0 Å². The van der Waals surface area contributed by atoms with Gasteiger partial charge in [0.25, 0.3) is 0 Å². The van der Waals surface area contributed by atoms with Crippen LogP contribution in [-0.2, 0) is 9.53 Å². The lowest BCUT2D eigenvalue weighted by Crippen LogP contribution is -2.35. The number of hydrogen-bond donors (Lipinski definition) is 1. The fourth-order valence-electron chi connectivity index (χ4n) is 0.835. The second-order valence-corrected chi connectivity index (χ2v) is 2.64. The third kappa shape index (κ3) is 1.68. The van der Waals surface area contributed by atoms with Crippen LogP contribution in [0.3, 0.4) is 0 Å². The van der Waals surface area contributed by atoms with Crippen molar-refractivity contribution in [2.24, 2.45) is 0 Å². The van der Waals surface area contributed by atoms with Gasteiger partial charge < -0.3 is 9.84 Å². The monoisotopic (exact) mass is 130 g/mol. The lowest BCUT2D eigenvalue weighted by molar-refractivity contribution is -0.157. The Morgan fingerprint density at radius 3 is 2.78 bits per heavy atom. The molecule has 0 aromatic heterocycles. The summed E-state index contributed by atoms with van der Waals surface area (Å²) >= 11 is 0. The standard InChI is InChI=1S/C6H10O3/c1-6(8)2-3-9-5(7)4-6/h8H,2-4H2,1H3. The molecule has 1 rings (SSSR count). The van der Waals surface area contributed by atoms with E-state index in [9.17, 15) is 9.90 Å². The van der Waals surface area contributed by atoms with E-state index in [1.54, 1.807) is 6.92 Å². The highest BCUT2D eigenvalue weighted by molar-refractivity contribution is 5.71. The van der Waals surface area contributed by atoms with Gasteiger partial charge in [-0.25, -0.2) is 0 Å². The molecule has 1 atom stereocenters. The molecular formula is C6H10O3. The molecular weight excluding hydrogens is 120 g/mol. The second kappa shape index (κ2) is 1.99. The van der Waals surface area contributed by atoms with Crippen LogP contribution >= 0.6 is 0 Å². The van der Waals surface area contributed by atoms with Crippen LogP contribution in [-0.4, -0.2) is 23.3 Å². The highest BCUT2D eigenvalue weighted by Gasteiger charge is 2.29. The maximum absolute atomic E-state index is 10.5. The smallest absolute Gasteiger partial charge is 0.308 e. The molecule has 1 unspecified atom stereocenters. The van der Waals surface area contributed by atoms with Crippen molar-refractivity contribution in [2.75, 3.05) is 6.61 Å². The Hall–Kier alpha value is -0.570. The Morgan fingerprint density at radius 1 is 1.78 bits per heavy atom. The minimum Gasteiger partial charge on any atom is -0.465 e. The maximum atomic E-state index is 10.5. The first-order valence-corrected chi connectivity index (χ1v) is 2.98. The molecule has 1 heterocycles. The first-order valence-electron chi connectivity index (χ1n) is 2.98. The van der Waals surface area contributed by atoms with Gasteiger partial charge in [0.2, 0.25) is 0 Å². The maximum Gasteiger partial charge on any atom is 0.308 e. The van der Waals surface area contributed by atoms with Gasteiger partial charge in [0.15, 0.2) is 0 Å². The summed E-state index contributed by atoms with van der Waals surface area (Å²) in [6.07, 6.45) is 0.686. The molecule has 0 spiro atoms. The lowest BCUT2D eigenvalue weighted by atomic mass is 9.97. The van der Waals surface area contributed by atoms with Crippen molar-refractivity contribution in [3.05, 3.63) is 0 Å². The second-order valence-electron chi connectivity index (χ2n) is 2.64. The van der Waals surface area contributed by atoms with Crippen LogP contribution in [0.25, 0.3) is 0 Å². The molecule has 0 radical (unpaired) electrons. The molecule has 0 amide bonds. The molecule has 1 aliphatic heterocycles. The molecule has 1 saturated heterocycles. The van der Waals surface area contributed by atoms with Crippen LogP contribution < -0.4 is 0 Å². The Balaban J connectivity index is 2.51. The molecule has 3 heteroatoms. The van der Waals surface area contributed by atoms with Gasteiger partial charge in [-0.05, 0) is 6.92 Å². The summed E-state index contributed by atoms with van der Waals surface area (Å²) in [7, 11) is 0. The van der Waals surface area contributed by atoms with E-state index in [0.717, 1.165) is 0 Å². The first-order chi connectivity index (χ1) is 4.10. The highest BCUT2D eigenvalue weighted by atomic mass is 16.5. The zero-order chi connectivity index (χ0) is 6.91. The van der Waals surface area contributed by atoms with Gasteiger partial charge in [-0.1, -0.05) is 0 Å². The van der Waals surface area contributed by atoms with Gasteiger partial charge in [-0.2, -0.15) is 0 Å². The lowest BCUT2D eigenvalue weighted by Gasteiger charge is -2.26. The van der Waals surface area contributed by atoms with Gasteiger partial charge in [-0.3, -0.25) is 4.79 Å². The number of carbonyl (C=O) groups is 1.